The van der Waals surface area contributed by atoms with E-state index in [2.05, 4.69) is 4.74 Å². The number of ether oxygens (including phenoxy) is 2. The average Bonchev–Trinajstić information content (AvgIpc) is 2.67. The topological polar surface area (TPSA) is 55.8 Å². The lowest BCUT2D eigenvalue weighted by Crippen LogP contribution is -2.43. The van der Waals surface area contributed by atoms with E-state index in [4.69, 9.17) is 4.74 Å². The zero-order valence-electron chi connectivity index (χ0n) is 12.4. The standard InChI is InChI=1S/C12H18BF3NO4/c1-12(2,3)21-11(19)17-7-8(6-13(14,15)16)5-9(17)10(18)20-4/h6,9H,5,7H2,1-4H3/q-1/b8-6+. The predicted molar refractivity (Wildman–Crippen MR) is 70.5 cm³/mol. The van der Waals surface area contributed by atoms with Crippen molar-refractivity contribution in [3.63, 3.8) is 0 Å². The van der Waals surface area contributed by atoms with E-state index < -0.39 is 30.7 Å². The van der Waals surface area contributed by atoms with Crippen molar-refractivity contribution in [3.8, 4) is 0 Å². The average molecular weight is 308 g/mol. The van der Waals surface area contributed by atoms with Gasteiger partial charge in [-0.2, -0.15) is 0 Å². The summed E-state index contributed by atoms with van der Waals surface area (Å²) in [6, 6.07) is -1.09. The molecule has 0 bridgehead atoms. The Kier molecular flexibility index (Phi) is 4.96. The van der Waals surface area contributed by atoms with Crippen LogP contribution in [0.5, 0.6) is 0 Å². The highest BCUT2D eigenvalue weighted by Crippen LogP contribution is 2.28. The van der Waals surface area contributed by atoms with Gasteiger partial charge in [-0.15, -0.1) is 5.98 Å². The van der Waals surface area contributed by atoms with E-state index in [1.165, 1.54) is 0 Å². The Labute approximate surface area is 121 Å². The van der Waals surface area contributed by atoms with E-state index in [0.29, 0.717) is 0 Å². The van der Waals surface area contributed by atoms with Crippen LogP contribution in [0, 0.1) is 0 Å². The van der Waals surface area contributed by atoms with Crippen LogP contribution in [0.4, 0.5) is 17.7 Å². The third kappa shape index (κ3) is 5.32. The van der Waals surface area contributed by atoms with Crippen molar-refractivity contribution in [2.24, 2.45) is 0 Å². The van der Waals surface area contributed by atoms with Crippen LogP contribution < -0.4 is 0 Å². The van der Waals surface area contributed by atoms with Crippen molar-refractivity contribution in [1.82, 2.24) is 4.90 Å². The Balaban J connectivity index is 2.96. The van der Waals surface area contributed by atoms with E-state index in [0.717, 1.165) is 12.0 Å². The minimum absolute atomic E-state index is 0.0382. The number of rotatable bonds is 2. The molecule has 1 aliphatic rings. The summed E-state index contributed by atoms with van der Waals surface area (Å²) in [5.41, 5.74) is -0.846. The molecule has 1 rings (SSSR count). The number of halogens is 3. The van der Waals surface area contributed by atoms with E-state index in [1.54, 1.807) is 20.8 Å². The Morgan fingerprint density at radius 1 is 1.33 bits per heavy atom. The van der Waals surface area contributed by atoms with Crippen LogP contribution >= 0.6 is 0 Å². The maximum atomic E-state index is 12.5. The Morgan fingerprint density at radius 2 is 1.90 bits per heavy atom. The van der Waals surface area contributed by atoms with Gasteiger partial charge in [0.25, 0.3) is 0 Å². The molecule has 0 aromatic heterocycles. The quantitative estimate of drug-likeness (QED) is 0.581. The van der Waals surface area contributed by atoms with Crippen LogP contribution in [-0.2, 0) is 14.3 Å². The van der Waals surface area contributed by atoms with E-state index in [1.807, 2.05) is 0 Å². The summed E-state index contributed by atoms with van der Waals surface area (Å²) in [5.74, 6) is -0.598. The molecule has 0 saturated carbocycles. The smallest absolute Gasteiger partial charge is 0.467 e. The van der Waals surface area contributed by atoms with E-state index in [-0.39, 0.29) is 24.5 Å². The fourth-order valence-corrected chi connectivity index (χ4v) is 2.00. The number of esters is 1. The molecule has 1 heterocycles. The van der Waals surface area contributed by atoms with Crippen LogP contribution in [0.15, 0.2) is 11.5 Å². The monoisotopic (exact) mass is 308 g/mol. The van der Waals surface area contributed by atoms with Crippen molar-refractivity contribution < 1.29 is 32.0 Å². The number of carbonyl (C=O) groups is 2. The number of likely N-dealkylation sites (tertiary alicyclic amines) is 1. The molecule has 1 atom stereocenters. The zero-order valence-corrected chi connectivity index (χ0v) is 12.4. The lowest BCUT2D eigenvalue weighted by molar-refractivity contribution is -0.145. The van der Waals surface area contributed by atoms with Crippen molar-refractivity contribution in [3.05, 3.63) is 11.5 Å². The molecule has 0 radical (unpaired) electrons. The van der Waals surface area contributed by atoms with Crippen LogP contribution in [0.1, 0.15) is 27.2 Å². The Hall–Kier alpha value is -1.67. The van der Waals surface area contributed by atoms with Crippen LogP contribution in [-0.4, -0.2) is 49.2 Å². The highest BCUT2D eigenvalue weighted by atomic mass is 19.4. The van der Waals surface area contributed by atoms with Gasteiger partial charge in [0, 0.05) is 6.54 Å². The minimum Gasteiger partial charge on any atom is -0.467 e. The second-order valence-corrected chi connectivity index (χ2v) is 5.80. The van der Waals surface area contributed by atoms with Gasteiger partial charge in [0.15, 0.2) is 0 Å². The summed E-state index contributed by atoms with van der Waals surface area (Å²) in [4.78, 5) is 24.6. The summed E-state index contributed by atoms with van der Waals surface area (Å²) in [6.45, 7) is -0.540. The Bertz CT molecular complexity index is 456. The maximum absolute atomic E-state index is 12.5. The highest BCUT2D eigenvalue weighted by molar-refractivity contribution is 6.64. The van der Waals surface area contributed by atoms with Crippen molar-refractivity contribution in [1.29, 1.82) is 0 Å². The van der Waals surface area contributed by atoms with Gasteiger partial charge in [0.05, 0.1) is 7.11 Å². The largest absolute Gasteiger partial charge is 0.502 e. The molecule has 21 heavy (non-hydrogen) atoms. The SMILES string of the molecule is COC(=O)C1C/C(=C\[B-](F)(F)F)CN1C(=O)OC(C)(C)C. The van der Waals surface area contributed by atoms with Gasteiger partial charge in [-0.1, -0.05) is 5.57 Å². The third-order valence-corrected chi connectivity index (χ3v) is 2.73. The van der Waals surface area contributed by atoms with E-state index >= 15 is 0 Å². The molecular formula is C12H18BF3NO4-. The molecule has 9 heteroatoms. The highest BCUT2D eigenvalue weighted by Gasteiger charge is 2.40. The first-order valence-corrected chi connectivity index (χ1v) is 6.41. The summed E-state index contributed by atoms with van der Waals surface area (Å²) >= 11 is 0. The van der Waals surface area contributed by atoms with Gasteiger partial charge in [-0.05, 0) is 27.2 Å². The molecule has 1 saturated heterocycles. The van der Waals surface area contributed by atoms with Crippen LogP contribution in [0.25, 0.3) is 0 Å². The van der Waals surface area contributed by atoms with Gasteiger partial charge < -0.3 is 22.4 Å². The van der Waals surface area contributed by atoms with Gasteiger partial charge >= 0.3 is 19.0 Å². The second kappa shape index (κ2) is 5.99. The summed E-state index contributed by atoms with van der Waals surface area (Å²) in [5, 5.41) is 0. The van der Waals surface area contributed by atoms with Gasteiger partial charge in [-0.3, -0.25) is 4.90 Å². The first kappa shape index (κ1) is 17.4. The third-order valence-electron chi connectivity index (χ3n) is 2.73. The van der Waals surface area contributed by atoms with Crippen molar-refractivity contribution in [2.75, 3.05) is 13.7 Å². The van der Waals surface area contributed by atoms with Gasteiger partial charge in [0.1, 0.15) is 11.6 Å². The van der Waals surface area contributed by atoms with Crippen molar-refractivity contribution in [2.45, 2.75) is 38.8 Å². The molecule has 0 N–H and O–H groups in total. The molecule has 1 unspecified atom stereocenters. The molecule has 0 spiro atoms. The second-order valence-electron chi connectivity index (χ2n) is 5.80. The zero-order chi connectivity index (χ0) is 16.4. The predicted octanol–water partition coefficient (Wildman–Crippen LogP) is 2.48. The molecule has 1 amide bonds. The normalized spacial score (nSPS) is 21.6. The molecule has 1 aliphatic heterocycles. The number of carbonyl (C=O) groups excluding carboxylic acids is 2. The lowest BCUT2D eigenvalue weighted by atomic mass is 9.87. The number of hydrogen-bond acceptors (Lipinski definition) is 4. The fraction of sp³-hybridized carbons (Fsp3) is 0.667. The molecular weight excluding hydrogens is 290 g/mol. The van der Waals surface area contributed by atoms with Gasteiger partial charge in [-0.25, -0.2) is 9.59 Å². The summed E-state index contributed by atoms with van der Waals surface area (Å²) in [7, 11) is 1.12. The van der Waals surface area contributed by atoms with Crippen molar-refractivity contribution >= 4 is 19.0 Å². The molecule has 0 aromatic rings. The number of nitrogens with zero attached hydrogens (tertiary/aromatic N) is 1. The lowest BCUT2D eigenvalue weighted by Gasteiger charge is -2.27. The fourth-order valence-electron chi connectivity index (χ4n) is 2.00. The molecule has 0 aromatic carbocycles. The number of hydrogen-bond donors (Lipinski definition) is 0. The molecule has 0 aliphatic carbocycles. The first-order chi connectivity index (χ1) is 9.43. The van der Waals surface area contributed by atoms with E-state index in [9.17, 15) is 22.5 Å². The Morgan fingerprint density at radius 3 is 2.33 bits per heavy atom. The van der Waals surface area contributed by atoms with Crippen LogP contribution in [0.3, 0.4) is 0 Å². The number of methoxy groups -OCH3 is 1. The number of amides is 1. The summed E-state index contributed by atoms with van der Waals surface area (Å²) in [6.07, 6.45) is -1.04. The molecule has 5 nitrogen and oxygen atoms in total. The maximum Gasteiger partial charge on any atom is 0.502 e. The van der Waals surface area contributed by atoms with Crippen LogP contribution in [0.2, 0.25) is 0 Å². The molecule has 120 valence electrons. The van der Waals surface area contributed by atoms with Gasteiger partial charge in [0.2, 0.25) is 0 Å². The first-order valence-electron chi connectivity index (χ1n) is 6.41. The minimum atomic E-state index is -5.13. The molecule has 1 fully saturated rings. The summed E-state index contributed by atoms with van der Waals surface area (Å²) < 4.78 is 47.0.